The van der Waals surface area contributed by atoms with Crippen LogP contribution in [-0.2, 0) is 14.9 Å². The fraction of sp³-hybridized carbons (Fsp3) is 0.575. The lowest BCUT2D eigenvalue weighted by Crippen LogP contribution is -2.52. The largest absolute Gasteiger partial charge is 0.496 e. The number of aromatic nitrogens is 4. The number of carbonyl (C=O) groups is 2. The Morgan fingerprint density at radius 1 is 1.04 bits per heavy atom. The maximum absolute atomic E-state index is 14.6. The van der Waals surface area contributed by atoms with Crippen molar-refractivity contribution >= 4 is 17.8 Å². The number of amides is 2. The summed E-state index contributed by atoms with van der Waals surface area (Å²) in [6.45, 7) is 8.07. The van der Waals surface area contributed by atoms with Crippen LogP contribution >= 0.6 is 0 Å². The third-order valence-corrected chi connectivity index (χ3v) is 12.2. The van der Waals surface area contributed by atoms with Gasteiger partial charge in [0.1, 0.15) is 24.0 Å². The third-order valence-electron chi connectivity index (χ3n) is 12.2. The van der Waals surface area contributed by atoms with Crippen molar-refractivity contribution in [3.8, 4) is 29.4 Å². The molecule has 0 radical (unpaired) electrons. The fourth-order valence-corrected chi connectivity index (χ4v) is 8.75. The van der Waals surface area contributed by atoms with E-state index in [9.17, 15) is 9.59 Å². The second kappa shape index (κ2) is 13.7. The molecule has 10 heteroatoms. The van der Waals surface area contributed by atoms with Crippen molar-refractivity contribution in [3.05, 3.63) is 54.1 Å². The minimum Gasteiger partial charge on any atom is -0.496 e. The number of hydrogen-bond donors (Lipinski definition) is 0. The van der Waals surface area contributed by atoms with E-state index in [1.807, 2.05) is 28.0 Å². The Balaban J connectivity index is 1.09. The number of rotatable bonds is 9. The topological polar surface area (TPSA) is 103 Å². The van der Waals surface area contributed by atoms with Crippen molar-refractivity contribution in [1.29, 1.82) is 0 Å². The average molecular weight is 679 g/mol. The van der Waals surface area contributed by atoms with Gasteiger partial charge in [0.15, 0.2) is 0 Å². The number of nitrogens with zero attached hydrogens (tertiary/aromatic N) is 6. The molecule has 1 saturated heterocycles. The number of carbonyl (C=O) groups excluding carboxylic acids is 2. The Labute approximate surface area is 295 Å². The number of fused-ring (bicyclic) bond motifs is 3. The van der Waals surface area contributed by atoms with Crippen LogP contribution in [0.5, 0.6) is 5.75 Å². The number of terminal acetylenes is 1. The van der Waals surface area contributed by atoms with Crippen LogP contribution in [0.1, 0.15) is 95.2 Å². The number of hydrogen-bond acceptors (Lipinski definition) is 7. The van der Waals surface area contributed by atoms with E-state index in [1.165, 1.54) is 11.1 Å². The molecule has 10 nitrogen and oxygen atoms in total. The number of aryl methyl sites for hydroxylation is 1. The lowest BCUT2D eigenvalue weighted by atomic mass is 9.51. The lowest BCUT2D eigenvalue weighted by Gasteiger charge is -2.55. The van der Waals surface area contributed by atoms with Gasteiger partial charge in [0.25, 0.3) is 0 Å². The van der Waals surface area contributed by atoms with Crippen LogP contribution in [-0.4, -0.2) is 69.5 Å². The van der Waals surface area contributed by atoms with Gasteiger partial charge in [-0.05, 0) is 113 Å². The minimum atomic E-state index is -0.295. The van der Waals surface area contributed by atoms with Crippen molar-refractivity contribution in [3.63, 3.8) is 0 Å². The Bertz CT molecular complexity index is 1740. The molecular weight excluding hydrogens is 628 g/mol. The first-order chi connectivity index (χ1) is 24.1. The van der Waals surface area contributed by atoms with Gasteiger partial charge < -0.3 is 14.4 Å². The first-order valence-corrected chi connectivity index (χ1v) is 18.4. The van der Waals surface area contributed by atoms with Gasteiger partial charge in [-0.3, -0.25) is 14.4 Å². The van der Waals surface area contributed by atoms with Gasteiger partial charge in [-0.25, -0.2) is 14.8 Å². The Morgan fingerprint density at radius 3 is 2.38 bits per heavy atom. The van der Waals surface area contributed by atoms with E-state index in [1.54, 1.807) is 18.3 Å². The van der Waals surface area contributed by atoms with E-state index in [0.717, 1.165) is 55.5 Å². The highest BCUT2D eigenvalue weighted by atomic mass is 16.6. The molecule has 0 unspecified atom stereocenters. The maximum Gasteiger partial charge on any atom is 0.410 e. The van der Waals surface area contributed by atoms with E-state index in [2.05, 4.69) is 55.0 Å². The lowest BCUT2D eigenvalue weighted by molar-refractivity contribution is -0.124. The zero-order valence-electron chi connectivity index (χ0n) is 29.9. The first kappa shape index (κ1) is 34.1. The van der Waals surface area contributed by atoms with Crippen molar-refractivity contribution < 1.29 is 19.1 Å². The molecule has 1 aliphatic heterocycles. The zero-order chi connectivity index (χ0) is 35.0. The van der Waals surface area contributed by atoms with Crippen LogP contribution in [0.2, 0.25) is 0 Å². The van der Waals surface area contributed by atoms with Gasteiger partial charge in [-0.1, -0.05) is 18.1 Å². The van der Waals surface area contributed by atoms with Crippen LogP contribution < -0.4 is 9.64 Å². The van der Waals surface area contributed by atoms with Crippen LogP contribution in [0.15, 0.2) is 43.0 Å². The summed E-state index contributed by atoms with van der Waals surface area (Å²) >= 11 is 0. The molecular formula is C40H50N6O4. The summed E-state index contributed by atoms with van der Waals surface area (Å²) < 4.78 is 13.3. The molecule has 8 rings (SSSR count). The van der Waals surface area contributed by atoms with E-state index in [0.29, 0.717) is 51.1 Å². The molecule has 3 aromatic rings. The standard InChI is InChI=1S/C40H50N6O4/c1-6-29-22-44(23-29)38(48)50-33-10-7-30(8-11-33)37(47)45(36-20-34(41-26-42-36)31-21-43-46(24-31)27(2)3)25-39-13-16-40(17-14-39,18-15-39)32-9-12-35(49-5)28(4)19-32/h1,9,12,19-21,24,26-27,29-30,33H,7-8,10-11,13-18,22-23,25H2,2-5H3. The SMILES string of the molecule is C#CC1CN(C(=O)OC2CCC(C(=O)N(CC34CCC(c5ccc(OC)c(C)c5)(CC3)CC4)c3cc(-c4cnn(C(C)C)c4)ncn3)CC2)C1. The van der Waals surface area contributed by atoms with Crippen molar-refractivity contribution in [2.24, 2.45) is 17.3 Å². The molecule has 5 fully saturated rings. The van der Waals surface area contributed by atoms with Crippen molar-refractivity contribution in [2.45, 2.75) is 103 Å². The second-order valence-corrected chi connectivity index (χ2v) is 15.6. The summed E-state index contributed by atoms with van der Waals surface area (Å²) in [7, 11) is 1.73. The van der Waals surface area contributed by atoms with E-state index < -0.39 is 0 Å². The summed E-state index contributed by atoms with van der Waals surface area (Å²) in [4.78, 5) is 40.2. The molecule has 3 heterocycles. The predicted molar refractivity (Wildman–Crippen MR) is 192 cm³/mol. The number of ether oxygens (including phenoxy) is 2. The molecule has 4 aliphatic carbocycles. The van der Waals surface area contributed by atoms with Gasteiger partial charge >= 0.3 is 6.09 Å². The summed E-state index contributed by atoms with van der Waals surface area (Å²) in [5.74, 6) is 4.34. The molecule has 2 amide bonds. The summed E-state index contributed by atoms with van der Waals surface area (Å²) in [6, 6.07) is 8.88. The molecule has 50 heavy (non-hydrogen) atoms. The number of benzene rings is 1. The maximum atomic E-state index is 14.6. The molecule has 5 aliphatic rings. The van der Waals surface area contributed by atoms with Gasteiger partial charge in [-0.2, -0.15) is 5.10 Å². The highest BCUT2D eigenvalue weighted by Crippen LogP contribution is 2.58. The van der Waals surface area contributed by atoms with Gasteiger partial charge in [0.2, 0.25) is 5.91 Å². The van der Waals surface area contributed by atoms with Crippen LogP contribution in [0.3, 0.4) is 0 Å². The zero-order valence-corrected chi connectivity index (χ0v) is 29.9. The Morgan fingerprint density at radius 2 is 1.76 bits per heavy atom. The van der Waals surface area contributed by atoms with Gasteiger partial charge in [-0.15, -0.1) is 6.42 Å². The summed E-state index contributed by atoms with van der Waals surface area (Å²) in [6.07, 6.45) is 19.6. The summed E-state index contributed by atoms with van der Waals surface area (Å²) in [5.41, 5.74) is 4.47. The summed E-state index contributed by atoms with van der Waals surface area (Å²) in [5, 5.41) is 4.52. The number of anilines is 1. The number of methoxy groups -OCH3 is 1. The minimum absolute atomic E-state index is 0.0345. The molecule has 1 aromatic carbocycles. The molecule has 0 spiro atoms. The molecule has 0 atom stereocenters. The van der Waals surface area contributed by atoms with Crippen molar-refractivity contribution in [1.82, 2.24) is 24.6 Å². The first-order valence-electron chi connectivity index (χ1n) is 18.4. The van der Waals surface area contributed by atoms with Crippen LogP contribution in [0, 0.1) is 36.5 Å². The van der Waals surface area contributed by atoms with Crippen LogP contribution in [0.25, 0.3) is 11.3 Å². The predicted octanol–water partition coefficient (Wildman–Crippen LogP) is 7.12. The molecule has 4 saturated carbocycles. The smallest absolute Gasteiger partial charge is 0.410 e. The highest BCUT2D eigenvalue weighted by Gasteiger charge is 2.51. The molecule has 2 bridgehead atoms. The average Bonchev–Trinajstić information content (AvgIpc) is 3.62. The van der Waals surface area contributed by atoms with Crippen molar-refractivity contribution in [2.75, 3.05) is 31.6 Å². The quantitative estimate of drug-likeness (QED) is 0.222. The Kier molecular flexibility index (Phi) is 9.36. The highest BCUT2D eigenvalue weighted by molar-refractivity contribution is 5.94. The Hall–Kier alpha value is -4.39. The normalized spacial score (nSPS) is 26.3. The van der Waals surface area contributed by atoms with E-state index >= 15 is 0 Å². The molecule has 0 N–H and O–H groups in total. The second-order valence-electron chi connectivity index (χ2n) is 15.6. The van der Waals surface area contributed by atoms with E-state index in [-0.39, 0.29) is 46.8 Å². The monoisotopic (exact) mass is 678 g/mol. The third kappa shape index (κ3) is 6.59. The number of likely N-dealkylation sites (tertiary alicyclic amines) is 1. The van der Waals surface area contributed by atoms with Crippen LogP contribution in [0.4, 0.5) is 10.6 Å². The molecule has 2 aromatic heterocycles. The fourth-order valence-electron chi connectivity index (χ4n) is 8.75. The molecule has 264 valence electrons. The van der Waals surface area contributed by atoms with E-state index in [4.69, 9.17) is 20.9 Å². The van der Waals surface area contributed by atoms with Gasteiger partial charge in [0, 0.05) is 49.4 Å². The van der Waals surface area contributed by atoms with Gasteiger partial charge in [0.05, 0.1) is 24.9 Å².